The molecule has 9 heteroatoms. The maximum absolute atomic E-state index is 12.8. The molecule has 0 spiro atoms. The molecule has 136 valence electrons. The summed E-state index contributed by atoms with van der Waals surface area (Å²) in [5, 5.41) is 4.46. The third-order valence-electron chi connectivity index (χ3n) is 3.63. The number of fused-ring (bicyclic) bond motifs is 1. The lowest BCUT2D eigenvalue weighted by atomic mass is 10.1. The maximum atomic E-state index is 12.8. The van der Waals surface area contributed by atoms with Crippen molar-refractivity contribution in [2.75, 3.05) is 10.6 Å². The monoisotopic (exact) mass is 492 g/mol. The van der Waals surface area contributed by atoms with Gasteiger partial charge in [0.2, 0.25) is 11.8 Å². The van der Waals surface area contributed by atoms with Crippen LogP contribution in [0.3, 0.4) is 0 Å². The predicted molar refractivity (Wildman–Crippen MR) is 102 cm³/mol. The molecule has 26 heavy (non-hydrogen) atoms. The van der Waals surface area contributed by atoms with Crippen LogP contribution in [0.4, 0.5) is 24.5 Å². The first-order chi connectivity index (χ1) is 12.2. The largest absolute Gasteiger partial charge is 0.416 e. The smallest absolute Gasteiger partial charge is 0.326 e. The van der Waals surface area contributed by atoms with Crippen LogP contribution in [-0.4, -0.2) is 17.1 Å². The average Bonchev–Trinajstić information content (AvgIpc) is 2.56. The Hall–Kier alpha value is -1.75. The molecule has 1 aliphatic rings. The third kappa shape index (κ3) is 4.50. The molecule has 2 amide bonds. The molecule has 1 unspecified atom stereocenters. The summed E-state index contributed by atoms with van der Waals surface area (Å²) >= 11 is 3.23. The molecule has 1 aliphatic heterocycles. The van der Waals surface area contributed by atoms with Crippen LogP contribution in [0.25, 0.3) is 0 Å². The fraction of sp³-hybridized carbons (Fsp3) is 0.176. The zero-order valence-corrected chi connectivity index (χ0v) is 16.0. The van der Waals surface area contributed by atoms with Gasteiger partial charge in [-0.25, -0.2) is 0 Å². The highest BCUT2D eigenvalue weighted by atomic mass is 127. The molecular weight excluding hydrogens is 480 g/mol. The summed E-state index contributed by atoms with van der Waals surface area (Å²) < 4.78 is 39.3. The number of carbonyl (C=O) groups is 2. The quantitative estimate of drug-likeness (QED) is 0.609. The lowest BCUT2D eigenvalue weighted by molar-refractivity contribution is -0.137. The van der Waals surface area contributed by atoms with Crippen LogP contribution >= 0.6 is 34.4 Å². The summed E-state index contributed by atoms with van der Waals surface area (Å²) in [4.78, 5) is 24.8. The summed E-state index contributed by atoms with van der Waals surface area (Å²) in [6.45, 7) is 0. The van der Waals surface area contributed by atoms with E-state index in [1.807, 2.05) is 12.1 Å². The fourth-order valence-corrected chi connectivity index (χ4v) is 3.83. The minimum atomic E-state index is -4.48. The van der Waals surface area contributed by atoms with Crippen molar-refractivity contribution in [3.63, 3.8) is 0 Å². The second kappa shape index (κ2) is 7.47. The number of thioether (sulfide) groups is 1. The molecule has 4 nitrogen and oxygen atoms in total. The Morgan fingerprint density at radius 1 is 1.19 bits per heavy atom. The minimum Gasteiger partial charge on any atom is -0.326 e. The zero-order valence-electron chi connectivity index (χ0n) is 13.1. The van der Waals surface area contributed by atoms with Gasteiger partial charge in [-0.2, -0.15) is 13.2 Å². The molecule has 0 bridgehead atoms. The number of halogens is 4. The molecule has 2 N–H and O–H groups in total. The molecule has 2 aromatic carbocycles. The van der Waals surface area contributed by atoms with Gasteiger partial charge in [-0.3, -0.25) is 9.59 Å². The Morgan fingerprint density at radius 3 is 2.54 bits per heavy atom. The van der Waals surface area contributed by atoms with Crippen molar-refractivity contribution in [2.45, 2.75) is 22.7 Å². The molecule has 0 aromatic heterocycles. The van der Waals surface area contributed by atoms with E-state index in [0.29, 0.717) is 10.6 Å². The number of hydrogen-bond acceptors (Lipinski definition) is 3. The lowest BCUT2D eigenvalue weighted by Gasteiger charge is -2.24. The first kappa shape index (κ1) is 19.0. The van der Waals surface area contributed by atoms with Gasteiger partial charge in [-0.1, -0.05) is 0 Å². The van der Waals surface area contributed by atoms with E-state index in [9.17, 15) is 22.8 Å². The van der Waals surface area contributed by atoms with Crippen LogP contribution in [0.5, 0.6) is 0 Å². The Balaban J connectivity index is 1.68. The standard InChI is InChI=1S/C17H12F3IN2O2S/c18-17(19,20)9-1-6-13-12(7-9)23-16(25)14(26-13)8-15(24)22-11-4-2-10(21)3-5-11/h1-7,14H,8H2,(H,22,24)(H,23,25). The molecular formula is C17H12F3IN2O2S. The van der Waals surface area contributed by atoms with Gasteiger partial charge in [0.15, 0.2) is 0 Å². The molecule has 0 aliphatic carbocycles. The van der Waals surface area contributed by atoms with E-state index in [0.717, 1.165) is 27.5 Å². The molecule has 0 fully saturated rings. The second-order valence-corrected chi connectivity index (χ2v) is 8.05. The number of anilines is 2. The van der Waals surface area contributed by atoms with Gasteiger partial charge in [0.1, 0.15) is 0 Å². The average molecular weight is 492 g/mol. The highest BCUT2D eigenvalue weighted by molar-refractivity contribution is 14.1. The van der Waals surface area contributed by atoms with E-state index in [4.69, 9.17) is 0 Å². The maximum Gasteiger partial charge on any atom is 0.416 e. The van der Waals surface area contributed by atoms with E-state index < -0.39 is 22.9 Å². The topological polar surface area (TPSA) is 58.2 Å². The van der Waals surface area contributed by atoms with Crippen molar-refractivity contribution in [1.82, 2.24) is 0 Å². The van der Waals surface area contributed by atoms with Gasteiger partial charge >= 0.3 is 6.18 Å². The highest BCUT2D eigenvalue weighted by Gasteiger charge is 2.34. The number of alkyl halides is 3. The Labute approximate surface area is 165 Å². The molecule has 2 aromatic rings. The van der Waals surface area contributed by atoms with Crippen LogP contribution in [0.15, 0.2) is 47.4 Å². The van der Waals surface area contributed by atoms with E-state index in [2.05, 4.69) is 33.2 Å². The number of carbonyl (C=O) groups excluding carboxylic acids is 2. The van der Waals surface area contributed by atoms with Crippen LogP contribution < -0.4 is 10.6 Å². The summed E-state index contributed by atoms with van der Waals surface area (Å²) in [7, 11) is 0. The van der Waals surface area contributed by atoms with Gasteiger partial charge < -0.3 is 10.6 Å². The number of benzene rings is 2. The summed E-state index contributed by atoms with van der Waals surface area (Å²) in [6.07, 6.45) is -4.56. The van der Waals surface area contributed by atoms with E-state index in [-0.39, 0.29) is 18.0 Å². The van der Waals surface area contributed by atoms with Crippen molar-refractivity contribution < 1.29 is 22.8 Å². The van der Waals surface area contributed by atoms with Crippen LogP contribution in [-0.2, 0) is 15.8 Å². The van der Waals surface area contributed by atoms with E-state index in [1.165, 1.54) is 6.07 Å². The molecule has 0 saturated heterocycles. The summed E-state index contributed by atoms with van der Waals surface area (Å²) in [5.74, 6) is -0.825. The molecule has 1 atom stereocenters. The van der Waals surface area contributed by atoms with Crippen molar-refractivity contribution >= 4 is 57.5 Å². The Morgan fingerprint density at radius 2 is 1.88 bits per heavy atom. The second-order valence-electron chi connectivity index (χ2n) is 5.56. The number of amides is 2. The molecule has 0 saturated carbocycles. The Kier molecular flexibility index (Phi) is 5.47. The summed E-state index contributed by atoms with van der Waals surface area (Å²) in [6, 6.07) is 10.4. The number of rotatable bonds is 3. The minimum absolute atomic E-state index is 0.0804. The van der Waals surface area contributed by atoms with Gasteiger partial charge in [-0.15, -0.1) is 11.8 Å². The molecule has 0 radical (unpaired) electrons. The first-order valence-electron chi connectivity index (χ1n) is 7.46. The number of nitrogens with one attached hydrogen (secondary N) is 2. The normalized spacial score (nSPS) is 16.6. The lowest BCUT2D eigenvalue weighted by Crippen LogP contribution is -2.32. The van der Waals surface area contributed by atoms with Crippen molar-refractivity contribution in [2.24, 2.45) is 0 Å². The Bertz CT molecular complexity index is 856. The van der Waals surface area contributed by atoms with Crippen LogP contribution in [0.2, 0.25) is 0 Å². The highest BCUT2D eigenvalue weighted by Crippen LogP contribution is 2.40. The SMILES string of the molecule is O=C(CC1Sc2ccc(C(F)(F)F)cc2NC1=O)Nc1ccc(I)cc1. The third-order valence-corrected chi connectivity index (χ3v) is 5.62. The summed E-state index contributed by atoms with van der Waals surface area (Å²) in [5.41, 5.74) is -0.0944. The van der Waals surface area contributed by atoms with Crippen molar-refractivity contribution in [1.29, 1.82) is 0 Å². The zero-order chi connectivity index (χ0) is 18.9. The predicted octanol–water partition coefficient (Wildman–Crippen LogP) is 4.75. The van der Waals surface area contributed by atoms with E-state index >= 15 is 0 Å². The molecule has 1 heterocycles. The van der Waals surface area contributed by atoms with Gasteiger partial charge in [0.25, 0.3) is 0 Å². The fourth-order valence-electron chi connectivity index (χ4n) is 2.37. The van der Waals surface area contributed by atoms with E-state index in [1.54, 1.807) is 12.1 Å². The van der Waals surface area contributed by atoms with Gasteiger partial charge in [0, 0.05) is 20.6 Å². The number of hydrogen-bond donors (Lipinski definition) is 2. The molecule has 3 rings (SSSR count). The van der Waals surface area contributed by atoms with Crippen LogP contribution in [0, 0.1) is 3.57 Å². The van der Waals surface area contributed by atoms with Gasteiger partial charge in [-0.05, 0) is 65.1 Å². The van der Waals surface area contributed by atoms with Crippen LogP contribution in [0.1, 0.15) is 12.0 Å². The van der Waals surface area contributed by atoms with Crippen molar-refractivity contribution in [3.8, 4) is 0 Å². The first-order valence-corrected chi connectivity index (χ1v) is 9.42. The van der Waals surface area contributed by atoms with Gasteiger partial charge in [0.05, 0.1) is 16.5 Å². The van der Waals surface area contributed by atoms with Crippen molar-refractivity contribution in [3.05, 3.63) is 51.6 Å².